The smallest absolute Gasteiger partial charge is 0.115 e. The van der Waals surface area contributed by atoms with Gasteiger partial charge >= 0.3 is 0 Å². The summed E-state index contributed by atoms with van der Waals surface area (Å²) in [6.07, 6.45) is 0.00474. The minimum atomic E-state index is -1.06. The van der Waals surface area contributed by atoms with Crippen LogP contribution in [-0.2, 0) is 4.79 Å². The highest BCUT2D eigenvalue weighted by atomic mass is 16.4. The van der Waals surface area contributed by atoms with E-state index in [1.807, 2.05) is 6.92 Å². The molecule has 0 saturated carbocycles. The number of hydrogen-bond acceptors (Lipinski definition) is 3. The van der Waals surface area contributed by atoms with Crippen molar-refractivity contribution in [1.29, 1.82) is 0 Å². The fourth-order valence-electron chi connectivity index (χ4n) is 1.17. The Morgan fingerprint density at radius 2 is 2.00 bits per heavy atom. The summed E-state index contributed by atoms with van der Waals surface area (Å²) in [4.78, 5) is 10.3. The van der Waals surface area contributed by atoms with Crippen molar-refractivity contribution in [1.82, 2.24) is 0 Å². The van der Waals surface area contributed by atoms with Crippen molar-refractivity contribution < 1.29 is 15.0 Å². The molecule has 1 rings (SSSR count). The molecule has 0 bridgehead atoms. The summed E-state index contributed by atoms with van der Waals surface area (Å²) in [6, 6.07) is 6.51. The Labute approximate surface area is 76.6 Å². The third kappa shape index (κ3) is 2.78. The molecule has 13 heavy (non-hydrogen) atoms. The van der Waals surface area contributed by atoms with E-state index in [4.69, 9.17) is 5.11 Å². The van der Waals surface area contributed by atoms with Gasteiger partial charge in [0.15, 0.2) is 0 Å². The number of benzene rings is 1. The fourth-order valence-corrected chi connectivity index (χ4v) is 1.17. The second kappa shape index (κ2) is 3.94. The summed E-state index contributed by atoms with van der Waals surface area (Å²) in [7, 11) is 0. The molecule has 0 aromatic heterocycles. The third-order valence-electron chi connectivity index (χ3n) is 1.93. The van der Waals surface area contributed by atoms with Crippen LogP contribution < -0.4 is 5.11 Å². The SMILES string of the molecule is C[C@@H](CC(=O)[O-])c1ccc(O)cc1. The molecule has 1 aromatic carbocycles. The average molecular weight is 179 g/mol. The van der Waals surface area contributed by atoms with E-state index in [-0.39, 0.29) is 18.1 Å². The Balaban J connectivity index is 2.71. The van der Waals surface area contributed by atoms with E-state index in [2.05, 4.69) is 0 Å². The van der Waals surface area contributed by atoms with Crippen LogP contribution in [0, 0.1) is 0 Å². The van der Waals surface area contributed by atoms with E-state index in [1.165, 1.54) is 0 Å². The summed E-state index contributed by atoms with van der Waals surface area (Å²) < 4.78 is 0. The Morgan fingerprint density at radius 3 is 2.46 bits per heavy atom. The molecule has 70 valence electrons. The van der Waals surface area contributed by atoms with Crippen LogP contribution in [0.4, 0.5) is 0 Å². The highest BCUT2D eigenvalue weighted by molar-refractivity contribution is 5.65. The number of hydrogen-bond donors (Lipinski definition) is 1. The predicted molar refractivity (Wildman–Crippen MR) is 46.1 cm³/mol. The first-order chi connectivity index (χ1) is 6.09. The Kier molecular flexibility index (Phi) is 2.90. The van der Waals surface area contributed by atoms with Gasteiger partial charge in [0.25, 0.3) is 0 Å². The number of phenolic OH excluding ortho intramolecular Hbond substituents is 1. The molecule has 0 unspecified atom stereocenters. The lowest BCUT2D eigenvalue weighted by molar-refractivity contribution is -0.306. The average Bonchev–Trinajstić information content (AvgIpc) is 2.04. The molecule has 3 heteroatoms. The van der Waals surface area contributed by atoms with Gasteiger partial charge in [0.2, 0.25) is 0 Å². The summed E-state index contributed by atoms with van der Waals surface area (Å²) in [5.41, 5.74) is 0.891. The molecule has 3 nitrogen and oxygen atoms in total. The summed E-state index contributed by atoms with van der Waals surface area (Å²) in [5, 5.41) is 19.3. The monoisotopic (exact) mass is 179 g/mol. The van der Waals surface area contributed by atoms with Crippen molar-refractivity contribution in [2.24, 2.45) is 0 Å². The number of phenols is 1. The van der Waals surface area contributed by atoms with Crippen LogP contribution in [0.5, 0.6) is 5.75 Å². The molecule has 0 heterocycles. The molecule has 0 aliphatic rings. The topological polar surface area (TPSA) is 60.4 Å². The zero-order valence-electron chi connectivity index (χ0n) is 7.36. The van der Waals surface area contributed by atoms with Crippen LogP contribution in [-0.4, -0.2) is 11.1 Å². The normalized spacial score (nSPS) is 12.4. The fraction of sp³-hybridized carbons (Fsp3) is 0.300. The second-order valence-corrected chi connectivity index (χ2v) is 3.07. The molecule has 1 atom stereocenters. The second-order valence-electron chi connectivity index (χ2n) is 3.07. The number of aliphatic carboxylic acids is 1. The van der Waals surface area contributed by atoms with Gasteiger partial charge in [0, 0.05) is 5.97 Å². The first-order valence-corrected chi connectivity index (χ1v) is 4.08. The third-order valence-corrected chi connectivity index (χ3v) is 1.93. The number of aromatic hydroxyl groups is 1. The zero-order valence-corrected chi connectivity index (χ0v) is 7.36. The lowest BCUT2D eigenvalue weighted by Gasteiger charge is -2.11. The van der Waals surface area contributed by atoms with Gasteiger partial charge in [-0.3, -0.25) is 0 Å². The van der Waals surface area contributed by atoms with Gasteiger partial charge in [-0.25, -0.2) is 0 Å². The van der Waals surface area contributed by atoms with Gasteiger partial charge in [-0.1, -0.05) is 19.1 Å². The highest BCUT2D eigenvalue weighted by Gasteiger charge is 2.04. The van der Waals surface area contributed by atoms with Crippen molar-refractivity contribution in [3.8, 4) is 5.75 Å². The summed E-state index contributed by atoms with van der Waals surface area (Å²) in [5.74, 6) is -0.949. The maximum atomic E-state index is 10.3. The number of carboxylic acid groups (broad SMARTS) is 1. The molecule has 0 saturated heterocycles. The Bertz CT molecular complexity index is 290. The van der Waals surface area contributed by atoms with E-state index in [9.17, 15) is 9.90 Å². The number of rotatable bonds is 3. The van der Waals surface area contributed by atoms with E-state index in [0.717, 1.165) is 5.56 Å². The lowest BCUT2D eigenvalue weighted by atomic mass is 9.98. The minimum Gasteiger partial charge on any atom is -0.550 e. The van der Waals surface area contributed by atoms with Gasteiger partial charge in [0.1, 0.15) is 5.75 Å². The van der Waals surface area contributed by atoms with Crippen LogP contribution in [0.15, 0.2) is 24.3 Å². The Morgan fingerprint density at radius 1 is 1.46 bits per heavy atom. The first kappa shape index (κ1) is 9.58. The lowest BCUT2D eigenvalue weighted by Crippen LogP contribution is -2.23. The van der Waals surface area contributed by atoms with E-state index in [1.54, 1.807) is 24.3 Å². The molecule has 0 radical (unpaired) electrons. The maximum Gasteiger partial charge on any atom is 0.115 e. The molecule has 0 aliphatic carbocycles. The number of carbonyl (C=O) groups is 1. The van der Waals surface area contributed by atoms with Crippen LogP contribution in [0.1, 0.15) is 24.8 Å². The van der Waals surface area contributed by atoms with Gasteiger partial charge in [-0.15, -0.1) is 0 Å². The van der Waals surface area contributed by atoms with Crippen molar-refractivity contribution in [3.05, 3.63) is 29.8 Å². The summed E-state index contributed by atoms with van der Waals surface area (Å²) in [6.45, 7) is 1.81. The number of carboxylic acids is 1. The quantitative estimate of drug-likeness (QED) is 0.740. The van der Waals surface area contributed by atoms with Gasteiger partial charge in [0.05, 0.1) is 0 Å². The molecule has 1 aromatic rings. The Hall–Kier alpha value is -1.51. The van der Waals surface area contributed by atoms with E-state index >= 15 is 0 Å². The van der Waals surface area contributed by atoms with Crippen molar-refractivity contribution in [3.63, 3.8) is 0 Å². The van der Waals surface area contributed by atoms with E-state index in [0.29, 0.717) is 0 Å². The van der Waals surface area contributed by atoms with Gasteiger partial charge < -0.3 is 15.0 Å². The van der Waals surface area contributed by atoms with Crippen LogP contribution >= 0.6 is 0 Å². The van der Waals surface area contributed by atoms with Crippen molar-refractivity contribution >= 4 is 5.97 Å². The van der Waals surface area contributed by atoms with Crippen molar-refractivity contribution in [2.75, 3.05) is 0 Å². The van der Waals surface area contributed by atoms with Gasteiger partial charge in [-0.2, -0.15) is 0 Å². The summed E-state index contributed by atoms with van der Waals surface area (Å²) >= 11 is 0. The molecule has 0 aliphatic heterocycles. The molecular formula is C10H11O3-. The molecular weight excluding hydrogens is 168 g/mol. The van der Waals surface area contributed by atoms with Crippen LogP contribution in [0.3, 0.4) is 0 Å². The standard InChI is InChI=1S/C10H12O3/c1-7(6-10(12)13)8-2-4-9(11)5-3-8/h2-5,7,11H,6H2,1H3,(H,12,13)/p-1/t7-/m0/s1. The van der Waals surface area contributed by atoms with E-state index < -0.39 is 5.97 Å². The molecule has 0 amide bonds. The molecule has 0 spiro atoms. The molecule has 1 N–H and O–H groups in total. The first-order valence-electron chi connectivity index (χ1n) is 4.08. The van der Waals surface area contributed by atoms with Crippen LogP contribution in [0.2, 0.25) is 0 Å². The predicted octanol–water partition coefficient (Wildman–Crippen LogP) is 0.636. The largest absolute Gasteiger partial charge is 0.550 e. The zero-order chi connectivity index (χ0) is 9.84. The minimum absolute atomic E-state index is 0.00474. The highest BCUT2D eigenvalue weighted by Crippen LogP contribution is 2.20. The van der Waals surface area contributed by atoms with Gasteiger partial charge in [-0.05, 0) is 30.0 Å². The maximum absolute atomic E-state index is 10.3. The van der Waals surface area contributed by atoms with Crippen LogP contribution in [0.25, 0.3) is 0 Å². The van der Waals surface area contributed by atoms with Crippen molar-refractivity contribution in [2.45, 2.75) is 19.3 Å². The number of carbonyl (C=O) groups excluding carboxylic acids is 1. The molecule has 0 fully saturated rings.